The van der Waals surface area contributed by atoms with Gasteiger partial charge in [-0.3, -0.25) is 0 Å². The van der Waals surface area contributed by atoms with Crippen LogP contribution in [0.1, 0.15) is 21.7 Å². The lowest BCUT2D eigenvalue weighted by Gasteiger charge is -2.11. The third-order valence-corrected chi connectivity index (χ3v) is 5.32. The second kappa shape index (κ2) is 6.13. The zero-order valence-corrected chi connectivity index (χ0v) is 12.9. The van der Waals surface area contributed by atoms with Crippen molar-refractivity contribution in [2.45, 2.75) is 13.0 Å². The zero-order valence-electron chi connectivity index (χ0n) is 12.1. The van der Waals surface area contributed by atoms with Gasteiger partial charge in [-0.15, -0.1) is 11.3 Å². The largest absolute Gasteiger partial charge is 0.477 e. The van der Waals surface area contributed by atoms with Crippen molar-refractivity contribution in [2.24, 2.45) is 5.92 Å². The number of carbonyl (C=O) groups is 1. The molecule has 1 aromatic heterocycles. The van der Waals surface area contributed by atoms with Crippen LogP contribution in [-0.4, -0.2) is 42.7 Å². The Morgan fingerprint density at radius 3 is 3.00 bits per heavy atom. The van der Waals surface area contributed by atoms with Crippen LogP contribution in [0.5, 0.6) is 0 Å². The van der Waals surface area contributed by atoms with Crippen LogP contribution in [-0.2, 0) is 6.54 Å². The standard InChI is InChI=1S/C16H20N2O2S/c1-18-7-6-11(10-18)8-17-9-13-12-4-2-3-5-14(12)21-15(13)16(19)20/h2-5,11,17H,6-10H2,1H3,(H,19,20). The first-order chi connectivity index (χ1) is 10.1. The number of benzene rings is 1. The molecular formula is C16H20N2O2S. The number of carboxylic acids is 1. The number of aromatic carboxylic acids is 1. The molecule has 1 unspecified atom stereocenters. The molecule has 1 aliphatic heterocycles. The van der Waals surface area contributed by atoms with Gasteiger partial charge in [-0.2, -0.15) is 0 Å². The van der Waals surface area contributed by atoms with Crippen LogP contribution in [0.4, 0.5) is 0 Å². The number of hydrogen-bond donors (Lipinski definition) is 2. The van der Waals surface area contributed by atoms with E-state index in [2.05, 4.69) is 17.3 Å². The Bertz CT molecular complexity index is 653. The van der Waals surface area contributed by atoms with Gasteiger partial charge >= 0.3 is 5.97 Å². The van der Waals surface area contributed by atoms with Gasteiger partial charge in [0.25, 0.3) is 0 Å². The number of thiophene rings is 1. The van der Waals surface area contributed by atoms with E-state index in [0.717, 1.165) is 35.3 Å². The fourth-order valence-electron chi connectivity index (χ4n) is 3.04. The summed E-state index contributed by atoms with van der Waals surface area (Å²) in [6, 6.07) is 7.92. The van der Waals surface area contributed by atoms with Crippen molar-refractivity contribution in [1.29, 1.82) is 0 Å². The Morgan fingerprint density at radius 1 is 1.48 bits per heavy atom. The van der Waals surface area contributed by atoms with Crippen LogP contribution in [0.15, 0.2) is 24.3 Å². The van der Waals surface area contributed by atoms with Crippen molar-refractivity contribution < 1.29 is 9.90 Å². The predicted octanol–water partition coefficient (Wildman–Crippen LogP) is 2.64. The van der Waals surface area contributed by atoms with Crippen molar-refractivity contribution in [1.82, 2.24) is 10.2 Å². The third kappa shape index (κ3) is 3.10. The summed E-state index contributed by atoms with van der Waals surface area (Å²) >= 11 is 1.37. The predicted molar refractivity (Wildman–Crippen MR) is 86.1 cm³/mol. The Morgan fingerprint density at radius 2 is 2.29 bits per heavy atom. The molecule has 1 saturated heterocycles. The van der Waals surface area contributed by atoms with Crippen molar-refractivity contribution in [2.75, 3.05) is 26.7 Å². The van der Waals surface area contributed by atoms with E-state index in [4.69, 9.17) is 0 Å². The summed E-state index contributed by atoms with van der Waals surface area (Å²) in [4.78, 5) is 14.2. The molecule has 2 aromatic rings. The molecule has 4 nitrogen and oxygen atoms in total. The Labute approximate surface area is 128 Å². The zero-order chi connectivity index (χ0) is 14.8. The molecular weight excluding hydrogens is 284 g/mol. The van der Waals surface area contributed by atoms with Crippen LogP contribution in [0.2, 0.25) is 0 Å². The first-order valence-corrected chi connectivity index (χ1v) is 8.09. The summed E-state index contributed by atoms with van der Waals surface area (Å²) in [5.74, 6) is -0.151. The number of likely N-dealkylation sites (tertiary alicyclic amines) is 1. The van der Waals surface area contributed by atoms with E-state index in [9.17, 15) is 9.90 Å². The van der Waals surface area contributed by atoms with Gasteiger partial charge in [-0.1, -0.05) is 18.2 Å². The number of fused-ring (bicyclic) bond motifs is 1. The highest BCUT2D eigenvalue weighted by molar-refractivity contribution is 7.21. The first kappa shape index (κ1) is 14.5. The van der Waals surface area contributed by atoms with Gasteiger partial charge in [-0.25, -0.2) is 4.79 Å². The highest BCUT2D eigenvalue weighted by Crippen LogP contribution is 2.31. The second-order valence-electron chi connectivity index (χ2n) is 5.76. The van der Waals surface area contributed by atoms with Crippen LogP contribution in [0, 0.1) is 5.92 Å². The molecule has 0 amide bonds. The monoisotopic (exact) mass is 304 g/mol. The summed E-state index contributed by atoms with van der Waals surface area (Å²) in [6.07, 6.45) is 1.22. The van der Waals surface area contributed by atoms with Crippen LogP contribution in [0.3, 0.4) is 0 Å². The minimum Gasteiger partial charge on any atom is -0.477 e. The molecule has 1 fully saturated rings. The van der Waals surface area contributed by atoms with E-state index >= 15 is 0 Å². The molecule has 0 saturated carbocycles. The first-order valence-electron chi connectivity index (χ1n) is 7.28. The summed E-state index contributed by atoms with van der Waals surface area (Å²) in [5.41, 5.74) is 0.925. The molecule has 5 heteroatoms. The van der Waals surface area contributed by atoms with Gasteiger partial charge in [0.05, 0.1) is 0 Å². The molecule has 2 N–H and O–H groups in total. The van der Waals surface area contributed by atoms with E-state index in [0.29, 0.717) is 17.3 Å². The molecule has 1 aliphatic rings. The van der Waals surface area contributed by atoms with Crippen LogP contribution >= 0.6 is 11.3 Å². The Balaban J connectivity index is 1.73. The van der Waals surface area contributed by atoms with E-state index in [1.807, 2.05) is 24.3 Å². The maximum atomic E-state index is 11.4. The minimum atomic E-state index is -0.825. The number of rotatable bonds is 5. The number of nitrogens with one attached hydrogen (secondary N) is 1. The summed E-state index contributed by atoms with van der Waals surface area (Å²) in [6.45, 7) is 3.87. The van der Waals surface area contributed by atoms with Gasteiger partial charge in [0.2, 0.25) is 0 Å². The average Bonchev–Trinajstić information content (AvgIpc) is 3.03. The molecule has 0 radical (unpaired) electrons. The van der Waals surface area contributed by atoms with Crippen molar-refractivity contribution in [3.05, 3.63) is 34.7 Å². The lowest BCUT2D eigenvalue weighted by atomic mass is 10.1. The number of nitrogens with zero attached hydrogens (tertiary/aromatic N) is 1. The molecule has 0 spiro atoms. The van der Waals surface area contributed by atoms with Gasteiger partial charge in [0.1, 0.15) is 4.88 Å². The maximum absolute atomic E-state index is 11.4. The molecule has 1 atom stereocenters. The maximum Gasteiger partial charge on any atom is 0.346 e. The second-order valence-corrected chi connectivity index (χ2v) is 6.81. The highest BCUT2D eigenvalue weighted by Gasteiger charge is 2.20. The number of carboxylic acid groups (broad SMARTS) is 1. The van der Waals surface area contributed by atoms with E-state index < -0.39 is 5.97 Å². The number of hydrogen-bond acceptors (Lipinski definition) is 4. The van der Waals surface area contributed by atoms with Crippen LogP contribution < -0.4 is 5.32 Å². The average molecular weight is 304 g/mol. The fraction of sp³-hybridized carbons (Fsp3) is 0.438. The topological polar surface area (TPSA) is 52.6 Å². The molecule has 21 heavy (non-hydrogen) atoms. The molecule has 112 valence electrons. The van der Waals surface area contributed by atoms with Gasteiger partial charge in [0.15, 0.2) is 0 Å². The van der Waals surface area contributed by atoms with E-state index in [-0.39, 0.29) is 0 Å². The lowest BCUT2D eigenvalue weighted by molar-refractivity contribution is 0.0701. The Hall–Kier alpha value is -1.43. The third-order valence-electron chi connectivity index (χ3n) is 4.12. The fourth-order valence-corrected chi connectivity index (χ4v) is 4.10. The SMILES string of the molecule is CN1CCC(CNCc2c(C(=O)O)sc3ccccc23)C1. The Kier molecular flexibility index (Phi) is 4.24. The summed E-state index contributed by atoms with van der Waals surface area (Å²) < 4.78 is 1.05. The van der Waals surface area contributed by atoms with Gasteiger partial charge in [0, 0.05) is 17.8 Å². The van der Waals surface area contributed by atoms with Crippen LogP contribution in [0.25, 0.3) is 10.1 Å². The molecule has 1 aromatic carbocycles. The summed E-state index contributed by atoms with van der Waals surface area (Å²) in [7, 11) is 2.15. The van der Waals surface area contributed by atoms with E-state index in [1.165, 1.54) is 17.8 Å². The van der Waals surface area contributed by atoms with E-state index in [1.54, 1.807) is 0 Å². The normalized spacial score (nSPS) is 19.4. The van der Waals surface area contributed by atoms with Crippen molar-refractivity contribution >= 4 is 27.4 Å². The lowest BCUT2D eigenvalue weighted by Crippen LogP contribution is -2.25. The molecule has 0 aliphatic carbocycles. The van der Waals surface area contributed by atoms with Gasteiger partial charge < -0.3 is 15.3 Å². The van der Waals surface area contributed by atoms with Crippen molar-refractivity contribution in [3.63, 3.8) is 0 Å². The van der Waals surface area contributed by atoms with Gasteiger partial charge in [-0.05, 0) is 49.5 Å². The van der Waals surface area contributed by atoms with Crippen molar-refractivity contribution in [3.8, 4) is 0 Å². The highest BCUT2D eigenvalue weighted by atomic mass is 32.1. The molecule has 2 heterocycles. The minimum absolute atomic E-state index is 0.465. The summed E-state index contributed by atoms with van der Waals surface area (Å²) in [5, 5.41) is 13.9. The smallest absolute Gasteiger partial charge is 0.346 e. The quantitative estimate of drug-likeness (QED) is 0.891. The molecule has 0 bridgehead atoms. The molecule has 3 rings (SSSR count).